The van der Waals surface area contributed by atoms with Crippen molar-refractivity contribution in [2.75, 3.05) is 13.4 Å². The molecule has 1 aliphatic rings. The number of carbonyl (C=O) groups is 1. The van der Waals surface area contributed by atoms with E-state index in [0.717, 1.165) is 22.6 Å². The lowest BCUT2D eigenvalue weighted by atomic mass is 10.1. The first-order valence-corrected chi connectivity index (χ1v) is 8.31. The predicted molar refractivity (Wildman–Crippen MR) is 94.0 cm³/mol. The van der Waals surface area contributed by atoms with Crippen LogP contribution in [0.5, 0.6) is 17.2 Å². The minimum Gasteiger partial charge on any atom is -0.494 e. The number of amides is 2. The largest absolute Gasteiger partial charge is 0.494 e. The topological polar surface area (TPSA) is 68.8 Å². The van der Waals surface area contributed by atoms with E-state index in [1.165, 1.54) is 0 Å². The van der Waals surface area contributed by atoms with Crippen LogP contribution in [-0.2, 0) is 6.54 Å². The predicted octanol–water partition coefficient (Wildman–Crippen LogP) is 3.37. The molecule has 0 radical (unpaired) electrons. The van der Waals surface area contributed by atoms with E-state index in [4.69, 9.17) is 14.2 Å². The molecular formula is C19H22N2O4. The Labute approximate surface area is 147 Å². The maximum absolute atomic E-state index is 12.1. The Kier molecular flexibility index (Phi) is 5.28. The SMILES string of the molecule is CCOc1ccc(C(C)NC(=O)NCc2ccc3c(c2)OCO3)cc1. The van der Waals surface area contributed by atoms with Gasteiger partial charge in [0.1, 0.15) is 5.75 Å². The van der Waals surface area contributed by atoms with E-state index in [9.17, 15) is 4.79 Å². The van der Waals surface area contributed by atoms with Gasteiger partial charge in [-0.25, -0.2) is 4.79 Å². The van der Waals surface area contributed by atoms with E-state index in [1.54, 1.807) is 0 Å². The van der Waals surface area contributed by atoms with E-state index in [1.807, 2.05) is 56.3 Å². The summed E-state index contributed by atoms with van der Waals surface area (Å²) in [6.45, 7) is 5.18. The van der Waals surface area contributed by atoms with Gasteiger partial charge >= 0.3 is 6.03 Å². The summed E-state index contributed by atoms with van der Waals surface area (Å²) in [5.74, 6) is 2.27. The maximum Gasteiger partial charge on any atom is 0.315 e. The van der Waals surface area contributed by atoms with Gasteiger partial charge in [0.05, 0.1) is 12.6 Å². The molecule has 2 aromatic carbocycles. The van der Waals surface area contributed by atoms with Crippen molar-refractivity contribution < 1.29 is 19.0 Å². The number of carbonyl (C=O) groups excluding carboxylic acids is 1. The van der Waals surface area contributed by atoms with Crippen molar-refractivity contribution in [1.29, 1.82) is 0 Å². The molecule has 0 bridgehead atoms. The van der Waals surface area contributed by atoms with Crippen LogP contribution in [0.2, 0.25) is 0 Å². The number of fused-ring (bicyclic) bond motifs is 1. The summed E-state index contributed by atoms with van der Waals surface area (Å²) in [6.07, 6.45) is 0. The number of nitrogens with one attached hydrogen (secondary N) is 2. The highest BCUT2D eigenvalue weighted by atomic mass is 16.7. The summed E-state index contributed by atoms with van der Waals surface area (Å²) in [7, 11) is 0. The molecule has 1 unspecified atom stereocenters. The van der Waals surface area contributed by atoms with Crippen molar-refractivity contribution in [3.63, 3.8) is 0 Å². The highest BCUT2D eigenvalue weighted by Crippen LogP contribution is 2.32. The van der Waals surface area contributed by atoms with Gasteiger partial charge in [-0.1, -0.05) is 18.2 Å². The summed E-state index contributed by atoms with van der Waals surface area (Å²) in [6, 6.07) is 13.0. The standard InChI is InChI=1S/C19H22N2O4/c1-3-23-16-7-5-15(6-8-16)13(2)21-19(22)20-11-14-4-9-17-18(10-14)25-12-24-17/h4-10,13H,3,11-12H2,1-2H3,(H2,20,21,22). The number of benzene rings is 2. The van der Waals surface area contributed by atoms with Crippen LogP contribution in [0.15, 0.2) is 42.5 Å². The van der Waals surface area contributed by atoms with Crippen LogP contribution >= 0.6 is 0 Å². The van der Waals surface area contributed by atoms with Crippen LogP contribution in [-0.4, -0.2) is 19.4 Å². The first-order chi connectivity index (χ1) is 12.2. The third kappa shape index (κ3) is 4.35. The molecule has 2 amide bonds. The lowest BCUT2D eigenvalue weighted by molar-refractivity contribution is 0.174. The molecule has 1 heterocycles. The van der Waals surface area contributed by atoms with Crippen LogP contribution in [0.25, 0.3) is 0 Å². The van der Waals surface area contributed by atoms with Crippen LogP contribution in [0, 0.1) is 0 Å². The van der Waals surface area contributed by atoms with Gasteiger partial charge in [0.2, 0.25) is 6.79 Å². The Hall–Kier alpha value is -2.89. The lowest BCUT2D eigenvalue weighted by Crippen LogP contribution is -2.36. The van der Waals surface area contributed by atoms with Crippen molar-refractivity contribution in [2.24, 2.45) is 0 Å². The number of hydrogen-bond donors (Lipinski definition) is 2. The summed E-state index contributed by atoms with van der Waals surface area (Å²) in [4.78, 5) is 12.1. The van der Waals surface area contributed by atoms with Crippen LogP contribution < -0.4 is 24.8 Å². The van der Waals surface area contributed by atoms with Crippen LogP contribution in [0.4, 0.5) is 4.79 Å². The van der Waals surface area contributed by atoms with Gasteiger partial charge in [-0.15, -0.1) is 0 Å². The molecule has 132 valence electrons. The van der Waals surface area contributed by atoms with E-state index in [2.05, 4.69) is 10.6 Å². The highest BCUT2D eigenvalue weighted by Gasteiger charge is 2.14. The molecule has 3 rings (SSSR count). The van der Waals surface area contributed by atoms with E-state index in [0.29, 0.717) is 18.9 Å². The first kappa shape index (κ1) is 17.0. The van der Waals surface area contributed by atoms with Gasteiger partial charge in [0.15, 0.2) is 11.5 Å². The molecule has 6 nitrogen and oxygen atoms in total. The number of rotatable bonds is 6. The Morgan fingerprint density at radius 2 is 1.92 bits per heavy atom. The fourth-order valence-corrected chi connectivity index (χ4v) is 2.58. The second kappa shape index (κ2) is 7.79. The monoisotopic (exact) mass is 342 g/mol. The third-order valence-electron chi connectivity index (χ3n) is 3.93. The van der Waals surface area contributed by atoms with Crippen molar-refractivity contribution in [1.82, 2.24) is 10.6 Å². The normalized spacial score (nSPS) is 13.2. The quantitative estimate of drug-likeness (QED) is 0.844. The molecule has 2 N–H and O–H groups in total. The van der Waals surface area contributed by atoms with E-state index >= 15 is 0 Å². The zero-order valence-electron chi connectivity index (χ0n) is 14.4. The fourth-order valence-electron chi connectivity index (χ4n) is 2.58. The Balaban J connectivity index is 1.50. The smallest absolute Gasteiger partial charge is 0.315 e. The maximum atomic E-state index is 12.1. The molecule has 0 aliphatic carbocycles. The lowest BCUT2D eigenvalue weighted by Gasteiger charge is -2.15. The summed E-state index contributed by atoms with van der Waals surface area (Å²) in [5, 5.41) is 5.77. The van der Waals surface area contributed by atoms with E-state index < -0.39 is 0 Å². The average Bonchev–Trinajstić information content (AvgIpc) is 3.08. The average molecular weight is 342 g/mol. The summed E-state index contributed by atoms with van der Waals surface area (Å²) < 4.78 is 16.0. The molecule has 1 aliphatic heterocycles. The van der Waals surface area contributed by atoms with Gasteiger partial charge in [-0.3, -0.25) is 0 Å². The molecule has 0 fully saturated rings. The van der Waals surface area contributed by atoms with E-state index in [-0.39, 0.29) is 18.9 Å². The number of urea groups is 1. The molecule has 0 saturated heterocycles. The number of ether oxygens (including phenoxy) is 3. The zero-order valence-corrected chi connectivity index (χ0v) is 14.4. The second-order valence-corrected chi connectivity index (χ2v) is 5.74. The van der Waals surface area contributed by atoms with Crippen molar-refractivity contribution in [3.05, 3.63) is 53.6 Å². The van der Waals surface area contributed by atoms with Gasteiger partial charge in [0, 0.05) is 6.54 Å². The Bertz CT molecular complexity index is 731. The van der Waals surface area contributed by atoms with Gasteiger partial charge < -0.3 is 24.8 Å². The summed E-state index contributed by atoms with van der Waals surface area (Å²) in [5.41, 5.74) is 1.97. The van der Waals surface area contributed by atoms with Gasteiger partial charge in [-0.2, -0.15) is 0 Å². The summed E-state index contributed by atoms with van der Waals surface area (Å²) >= 11 is 0. The minimum atomic E-state index is -0.223. The molecule has 2 aromatic rings. The molecule has 6 heteroatoms. The second-order valence-electron chi connectivity index (χ2n) is 5.74. The fraction of sp³-hybridized carbons (Fsp3) is 0.316. The van der Waals surface area contributed by atoms with Crippen LogP contribution in [0.3, 0.4) is 0 Å². The molecule has 0 aromatic heterocycles. The first-order valence-electron chi connectivity index (χ1n) is 8.31. The molecule has 1 atom stereocenters. The van der Waals surface area contributed by atoms with Crippen LogP contribution in [0.1, 0.15) is 31.0 Å². The Morgan fingerprint density at radius 1 is 1.16 bits per heavy atom. The zero-order chi connectivity index (χ0) is 17.6. The Morgan fingerprint density at radius 3 is 2.68 bits per heavy atom. The van der Waals surface area contributed by atoms with Gasteiger partial charge in [0.25, 0.3) is 0 Å². The van der Waals surface area contributed by atoms with Gasteiger partial charge in [-0.05, 0) is 49.2 Å². The van der Waals surface area contributed by atoms with Crippen molar-refractivity contribution in [2.45, 2.75) is 26.4 Å². The highest BCUT2D eigenvalue weighted by molar-refractivity contribution is 5.74. The van der Waals surface area contributed by atoms with Crippen molar-refractivity contribution in [3.8, 4) is 17.2 Å². The molecule has 25 heavy (non-hydrogen) atoms. The molecular weight excluding hydrogens is 320 g/mol. The number of hydrogen-bond acceptors (Lipinski definition) is 4. The molecule has 0 saturated carbocycles. The molecule has 0 spiro atoms. The third-order valence-corrected chi connectivity index (χ3v) is 3.93. The minimum absolute atomic E-state index is 0.104. The van der Waals surface area contributed by atoms with Crippen molar-refractivity contribution >= 4 is 6.03 Å².